The van der Waals surface area contributed by atoms with E-state index in [-0.39, 0.29) is 18.9 Å². The summed E-state index contributed by atoms with van der Waals surface area (Å²) >= 11 is 0. The number of rotatable bonds is 6. The highest BCUT2D eigenvalue weighted by atomic mass is 16.7. The molecule has 0 saturated heterocycles. The molecular weight excluding hydrogens is 434 g/mol. The smallest absolute Gasteiger partial charge is 0.337 e. The van der Waals surface area contributed by atoms with E-state index in [1.165, 1.54) is 7.11 Å². The molecule has 3 aromatic rings. The van der Waals surface area contributed by atoms with Crippen LogP contribution in [0.4, 0.5) is 0 Å². The van der Waals surface area contributed by atoms with Gasteiger partial charge in [-0.05, 0) is 73.5 Å². The lowest BCUT2D eigenvalue weighted by atomic mass is 10.1. The van der Waals surface area contributed by atoms with Crippen LogP contribution in [0.15, 0.2) is 54.1 Å². The monoisotopic (exact) mass is 457 g/mol. The molecule has 172 valence electrons. The maximum absolute atomic E-state index is 12.7. The quantitative estimate of drug-likeness (QED) is 0.343. The lowest BCUT2D eigenvalue weighted by molar-refractivity contribution is -0.117. The van der Waals surface area contributed by atoms with Gasteiger partial charge in [0.05, 0.1) is 12.7 Å². The Kier molecular flexibility index (Phi) is 6.37. The van der Waals surface area contributed by atoms with Gasteiger partial charge in [-0.2, -0.15) is 5.26 Å². The molecule has 4 rings (SSSR count). The number of esters is 1. The van der Waals surface area contributed by atoms with Gasteiger partial charge in [0.2, 0.25) is 6.79 Å². The fourth-order valence-electron chi connectivity index (χ4n) is 3.83. The maximum atomic E-state index is 12.7. The Morgan fingerprint density at radius 3 is 2.56 bits per heavy atom. The third-order valence-corrected chi connectivity index (χ3v) is 5.57. The first kappa shape index (κ1) is 22.7. The minimum Gasteiger partial charge on any atom is -0.465 e. The van der Waals surface area contributed by atoms with Gasteiger partial charge >= 0.3 is 5.97 Å². The van der Waals surface area contributed by atoms with Crippen molar-refractivity contribution in [3.05, 3.63) is 82.2 Å². The van der Waals surface area contributed by atoms with E-state index >= 15 is 0 Å². The molecule has 0 saturated carbocycles. The van der Waals surface area contributed by atoms with E-state index in [9.17, 15) is 14.9 Å². The number of aryl methyl sites for hydroxylation is 1. The number of methoxy groups -OCH3 is 1. The number of hydrogen-bond donors (Lipinski definition) is 1. The zero-order valence-electron chi connectivity index (χ0n) is 19.0. The largest absolute Gasteiger partial charge is 0.465 e. The highest BCUT2D eigenvalue weighted by Gasteiger charge is 2.16. The highest BCUT2D eigenvalue weighted by Crippen LogP contribution is 2.32. The second kappa shape index (κ2) is 9.55. The topological polar surface area (TPSA) is 103 Å². The molecule has 8 nitrogen and oxygen atoms in total. The summed E-state index contributed by atoms with van der Waals surface area (Å²) in [6.07, 6.45) is 1.58. The molecule has 1 aliphatic rings. The average molecular weight is 457 g/mol. The molecule has 0 atom stereocenters. The number of nitrogens with one attached hydrogen (secondary N) is 1. The van der Waals surface area contributed by atoms with Crippen molar-refractivity contribution in [1.29, 1.82) is 5.26 Å². The normalized spacial score (nSPS) is 12.2. The van der Waals surface area contributed by atoms with Crippen LogP contribution in [-0.4, -0.2) is 30.3 Å². The Balaban J connectivity index is 1.52. The van der Waals surface area contributed by atoms with Crippen molar-refractivity contribution >= 4 is 18.0 Å². The van der Waals surface area contributed by atoms with Gasteiger partial charge in [-0.3, -0.25) is 4.79 Å². The number of aromatic nitrogens is 1. The third kappa shape index (κ3) is 4.50. The lowest BCUT2D eigenvalue weighted by Gasteiger charge is -2.10. The van der Waals surface area contributed by atoms with Gasteiger partial charge in [-0.15, -0.1) is 0 Å². The van der Waals surface area contributed by atoms with Crippen molar-refractivity contribution in [3.8, 4) is 23.3 Å². The summed E-state index contributed by atoms with van der Waals surface area (Å²) in [5.41, 5.74) is 4.69. The number of benzene rings is 2. The van der Waals surface area contributed by atoms with Crippen molar-refractivity contribution in [2.75, 3.05) is 13.9 Å². The Labute approximate surface area is 197 Å². The third-order valence-electron chi connectivity index (χ3n) is 5.57. The van der Waals surface area contributed by atoms with E-state index in [0.29, 0.717) is 17.1 Å². The average Bonchev–Trinajstić information content (AvgIpc) is 3.43. The van der Waals surface area contributed by atoms with Crippen LogP contribution < -0.4 is 14.8 Å². The van der Waals surface area contributed by atoms with Crippen molar-refractivity contribution < 1.29 is 23.8 Å². The molecule has 1 aliphatic heterocycles. The molecule has 2 heterocycles. The molecular formula is C26H23N3O5. The molecule has 0 radical (unpaired) electrons. The molecule has 1 amide bonds. The summed E-state index contributed by atoms with van der Waals surface area (Å²) in [5, 5.41) is 12.4. The first-order valence-corrected chi connectivity index (χ1v) is 10.6. The minimum absolute atomic E-state index is 0.00188. The van der Waals surface area contributed by atoms with Gasteiger partial charge < -0.3 is 24.1 Å². The van der Waals surface area contributed by atoms with Crippen LogP contribution in [0, 0.1) is 25.2 Å². The molecule has 0 fully saturated rings. The van der Waals surface area contributed by atoms with Gasteiger partial charge in [0, 0.05) is 23.6 Å². The number of fused-ring (bicyclic) bond motifs is 1. The molecule has 34 heavy (non-hydrogen) atoms. The minimum atomic E-state index is -0.465. The first-order chi connectivity index (χ1) is 16.4. The van der Waals surface area contributed by atoms with E-state index in [0.717, 1.165) is 28.2 Å². The summed E-state index contributed by atoms with van der Waals surface area (Å²) in [6.45, 7) is 4.28. The van der Waals surface area contributed by atoms with Crippen LogP contribution >= 0.6 is 0 Å². The Morgan fingerprint density at radius 2 is 1.85 bits per heavy atom. The van der Waals surface area contributed by atoms with Crippen molar-refractivity contribution in [3.63, 3.8) is 0 Å². The van der Waals surface area contributed by atoms with Crippen molar-refractivity contribution in [2.45, 2.75) is 20.4 Å². The van der Waals surface area contributed by atoms with Crippen LogP contribution in [0.5, 0.6) is 11.5 Å². The van der Waals surface area contributed by atoms with Crippen LogP contribution in [0.3, 0.4) is 0 Å². The van der Waals surface area contributed by atoms with Gasteiger partial charge in [0.15, 0.2) is 11.5 Å². The number of nitriles is 1. The molecule has 0 aliphatic carbocycles. The van der Waals surface area contributed by atoms with E-state index in [1.54, 1.807) is 30.3 Å². The number of ether oxygens (including phenoxy) is 3. The summed E-state index contributed by atoms with van der Waals surface area (Å²) in [4.78, 5) is 24.4. The Bertz CT molecular complexity index is 1330. The molecule has 0 unspecified atom stereocenters. The molecule has 2 aromatic carbocycles. The van der Waals surface area contributed by atoms with E-state index < -0.39 is 11.9 Å². The van der Waals surface area contributed by atoms with Crippen LogP contribution in [-0.2, 0) is 16.1 Å². The van der Waals surface area contributed by atoms with Gasteiger partial charge in [-0.1, -0.05) is 6.07 Å². The zero-order valence-corrected chi connectivity index (χ0v) is 19.0. The maximum Gasteiger partial charge on any atom is 0.337 e. The predicted molar refractivity (Wildman–Crippen MR) is 125 cm³/mol. The van der Waals surface area contributed by atoms with Gasteiger partial charge in [0.25, 0.3) is 5.91 Å². The summed E-state index contributed by atoms with van der Waals surface area (Å²) in [5.74, 6) is 0.437. The van der Waals surface area contributed by atoms with Gasteiger partial charge in [0.1, 0.15) is 11.6 Å². The SMILES string of the molecule is COC(=O)c1ccc(-n2c(C)cc(/C=C(\C#N)C(=O)NCc3ccc4c(c3)OCO4)c2C)cc1. The number of carbonyl (C=O) groups excluding carboxylic acids is 2. The number of amides is 1. The summed E-state index contributed by atoms with van der Waals surface area (Å²) < 4.78 is 17.4. The molecule has 1 N–H and O–H groups in total. The van der Waals surface area contributed by atoms with Crippen LogP contribution in [0.1, 0.15) is 32.9 Å². The second-order valence-corrected chi connectivity index (χ2v) is 7.74. The van der Waals surface area contributed by atoms with E-state index in [2.05, 4.69) is 5.32 Å². The Hall–Kier alpha value is -4.51. The molecule has 0 spiro atoms. The predicted octanol–water partition coefficient (Wildman–Crippen LogP) is 3.83. The molecule has 1 aromatic heterocycles. The summed E-state index contributed by atoms with van der Waals surface area (Å²) in [6, 6.07) is 16.4. The van der Waals surface area contributed by atoms with Crippen molar-refractivity contribution in [1.82, 2.24) is 9.88 Å². The standard InChI is InChI=1S/C26H23N3O5/c1-16-10-20(17(2)29(16)22-7-5-19(6-8-22)26(31)32-3)12-21(13-27)25(30)28-14-18-4-9-23-24(11-18)34-15-33-23/h4-12H,14-15H2,1-3H3,(H,28,30)/b21-12+. The van der Waals surface area contributed by atoms with Crippen LogP contribution in [0.25, 0.3) is 11.8 Å². The fourth-order valence-corrected chi connectivity index (χ4v) is 3.83. The van der Waals surface area contributed by atoms with Gasteiger partial charge in [-0.25, -0.2) is 4.79 Å². The van der Waals surface area contributed by atoms with Crippen LogP contribution in [0.2, 0.25) is 0 Å². The van der Waals surface area contributed by atoms with E-state index in [1.807, 2.05) is 48.7 Å². The number of carbonyl (C=O) groups is 2. The second-order valence-electron chi connectivity index (χ2n) is 7.74. The van der Waals surface area contributed by atoms with E-state index in [4.69, 9.17) is 14.2 Å². The zero-order chi connectivity index (χ0) is 24.2. The molecule has 8 heteroatoms. The molecule has 0 bridgehead atoms. The van der Waals surface area contributed by atoms with Crippen molar-refractivity contribution in [2.24, 2.45) is 0 Å². The first-order valence-electron chi connectivity index (χ1n) is 10.6. The lowest BCUT2D eigenvalue weighted by Crippen LogP contribution is -2.23. The summed E-state index contributed by atoms with van der Waals surface area (Å²) in [7, 11) is 1.34. The fraction of sp³-hybridized carbons (Fsp3) is 0.192. The highest BCUT2D eigenvalue weighted by molar-refractivity contribution is 6.01. The number of hydrogen-bond acceptors (Lipinski definition) is 6. The Morgan fingerprint density at radius 1 is 1.12 bits per heavy atom. The number of nitrogens with zero attached hydrogens (tertiary/aromatic N) is 2.